The molecule has 0 aromatic rings. The van der Waals surface area contributed by atoms with Gasteiger partial charge in [-0.15, -0.1) is 0 Å². The Labute approximate surface area is 200 Å². The van der Waals surface area contributed by atoms with Gasteiger partial charge in [0.15, 0.2) is 6.29 Å². The highest BCUT2D eigenvalue weighted by molar-refractivity contribution is 5.69. The minimum atomic E-state index is -0.129. The Morgan fingerprint density at radius 2 is 1.24 bits per heavy atom. The van der Waals surface area contributed by atoms with Gasteiger partial charge in [0.1, 0.15) is 6.61 Å². The largest absolute Gasteiger partial charge is 0.463 e. The first-order chi connectivity index (χ1) is 16.3. The highest BCUT2D eigenvalue weighted by atomic mass is 16.7. The van der Waals surface area contributed by atoms with Crippen LogP contribution in [0.4, 0.5) is 0 Å². The van der Waals surface area contributed by atoms with E-state index in [4.69, 9.17) is 33.2 Å². The molecule has 8 nitrogen and oxygen atoms in total. The molecule has 196 valence electrons. The maximum Gasteiger partial charge on any atom is 0.305 e. The van der Waals surface area contributed by atoms with E-state index in [1.54, 1.807) is 0 Å². The SMILES string of the molecule is CCCCCCCCCC(=O)OCCOCCOCCOCCOCCOC1CCCCO1. The quantitative estimate of drug-likeness (QED) is 0.151. The second-order valence-electron chi connectivity index (χ2n) is 8.21. The maximum absolute atomic E-state index is 11.6. The molecule has 1 rings (SSSR count). The van der Waals surface area contributed by atoms with E-state index in [1.165, 1.54) is 38.5 Å². The molecule has 0 N–H and O–H groups in total. The third kappa shape index (κ3) is 21.5. The highest BCUT2D eigenvalue weighted by Crippen LogP contribution is 2.13. The number of hydrogen-bond acceptors (Lipinski definition) is 8. The molecule has 0 bridgehead atoms. The van der Waals surface area contributed by atoms with Crippen LogP contribution in [0.1, 0.15) is 77.6 Å². The first-order valence-corrected chi connectivity index (χ1v) is 13.0. The molecule has 0 aromatic carbocycles. The van der Waals surface area contributed by atoms with E-state index < -0.39 is 0 Å². The van der Waals surface area contributed by atoms with Gasteiger partial charge in [-0.05, 0) is 25.7 Å². The third-order valence-corrected chi connectivity index (χ3v) is 5.26. The van der Waals surface area contributed by atoms with Gasteiger partial charge in [0.2, 0.25) is 0 Å². The molecule has 1 heterocycles. The average Bonchev–Trinajstić information content (AvgIpc) is 2.84. The van der Waals surface area contributed by atoms with Gasteiger partial charge >= 0.3 is 5.97 Å². The summed E-state index contributed by atoms with van der Waals surface area (Å²) in [5, 5.41) is 0. The predicted octanol–water partition coefficient (Wildman–Crippen LogP) is 4.28. The van der Waals surface area contributed by atoms with E-state index >= 15 is 0 Å². The fraction of sp³-hybridized carbons (Fsp3) is 0.960. The number of unbranched alkanes of at least 4 members (excludes halogenated alkanes) is 6. The van der Waals surface area contributed by atoms with Crippen LogP contribution in [-0.4, -0.2) is 84.9 Å². The van der Waals surface area contributed by atoms with Crippen LogP contribution in [0.15, 0.2) is 0 Å². The van der Waals surface area contributed by atoms with Gasteiger partial charge in [0.25, 0.3) is 0 Å². The molecule has 1 atom stereocenters. The standard InChI is InChI=1S/C25H48O8/c1-2-3-4-5-6-7-8-11-24(26)31-22-20-29-18-16-27-14-15-28-17-19-30-21-23-33-25-12-9-10-13-32-25/h25H,2-23H2,1H3. The highest BCUT2D eigenvalue weighted by Gasteiger charge is 2.13. The van der Waals surface area contributed by atoms with Crippen LogP contribution in [0.5, 0.6) is 0 Å². The van der Waals surface area contributed by atoms with Crippen LogP contribution in [0, 0.1) is 0 Å². The number of rotatable bonds is 24. The summed E-state index contributed by atoms with van der Waals surface area (Å²) >= 11 is 0. The van der Waals surface area contributed by atoms with E-state index in [0.29, 0.717) is 72.5 Å². The number of ether oxygens (including phenoxy) is 7. The van der Waals surface area contributed by atoms with Crippen LogP contribution < -0.4 is 0 Å². The second-order valence-corrected chi connectivity index (χ2v) is 8.21. The summed E-state index contributed by atoms with van der Waals surface area (Å²) in [5.41, 5.74) is 0. The van der Waals surface area contributed by atoms with Crippen molar-refractivity contribution in [2.45, 2.75) is 83.8 Å². The minimum Gasteiger partial charge on any atom is -0.463 e. The van der Waals surface area contributed by atoms with Gasteiger partial charge in [-0.2, -0.15) is 0 Å². The molecule has 0 saturated carbocycles. The average molecular weight is 477 g/mol. The molecule has 0 spiro atoms. The van der Waals surface area contributed by atoms with Crippen molar-refractivity contribution in [2.24, 2.45) is 0 Å². The van der Waals surface area contributed by atoms with Gasteiger partial charge in [-0.3, -0.25) is 4.79 Å². The summed E-state index contributed by atoms with van der Waals surface area (Å²) in [6.45, 7) is 7.88. The van der Waals surface area contributed by atoms with Crippen molar-refractivity contribution in [1.29, 1.82) is 0 Å². The zero-order valence-electron chi connectivity index (χ0n) is 20.9. The Hall–Kier alpha value is -0.770. The first kappa shape index (κ1) is 30.3. The lowest BCUT2D eigenvalue weighted by atomic mass is 10.1. The van der Waals surface area contributed by atoms with Crippen LogP contribution in [0.3, 0.4) is 0 Å². The fourth-order valence-corrected chi connectivity index (χ4v) is 3.36. The Morgan fingerprint density at radius 3 is 1.82 bits per heavy atom. The summed E-state index contributed by atoms with van der Waals surface area (Å²) in [4.78, 5) is 11.6. The van der Waals surface area contributed by atoms with Crippen molar-refractivity contribution in [3.05, 3.63) is 0 Å². The molecule has 1 fully saturated rings. The van der Waals surface area contributed by atoms with Crippen molar-refractivity contribution in [2.75, 3.05) is 72.7 Å². The maximum atomic E-state index is 11.6. The van der Waals surface area contributed by atoms with Gasteiger partial charge in [-0.1, -0.05) is 45.4 Å². The van der Waals surface area contributed by atoms with Crippen LogP contribution in [-0.2, 0) is 38.0 Å². The zero-order chi connectivity index (χ0) is 23.7. The van der Waals surface area contributed by atoms with Crippen molar-refractivity contribution >= 4 is 5.97 Å². The zero-order valence-corrected chi connectivity index (χ0v) is 20.9. The minimum absolute atomic E-state index is 0.0607. The van der Waals surface area contributed by atoms with Crippen LogP contribution >= 0.6 is 0 Å². The second kappa shape index (κ2) is 24.4. The summed E-state index contributed by atoms with van der Waals surface area (Å²) in [6.07, 6.45) is 12.1. The lowest BCUT2D eigenvalue weighted by molar-refractivity contribution is -0.169. The topological polar surface area (TPSA) is 81.7 Å². The van der Waals surface area contributed by atoms with E-state index in [9.17, 15) is 4.79 Å². The molecule has 1 aliphatic heterocycles. The van der Waals surface area contributed by atoms with Crippen LogP contribution in [0.2, 0.25) is 0 Å². The molecule has 1 unspecified atom stereocenters. The van der Waals surface area contributed by atoms with Crippen molar-refractivity contribution in [3.8, 4) is 0 Å². The molecular weight excluding hydrogens is 428 g/mol. The third-order valence-electron chi connectivity index (χ3n) is 5.26. The lowest BCUT2D eigenvalue weighted by Crippen LogP contribution is -2.24. The molecule has 1 aliphatic rings. The first-order valence-electron chi connectivity index (χ1n) is 13.0. The molecule has 0 aromatic heterocycles. The predicted molar refractivity (Wildman–Crippen MR) is 126 cm³/mol. The van der Waals surface area contributed by atoms with Gasteiger partial charge < -0.3 is 33.2 Å². The van der Waals surface area contributed by atoms with Crippen molar-refractivity contribution in [3.63, 3.8) is 0 Å². The van der Waals surface area contributed by atoms with Gasteiger partial charge in [-0.25, -0.2) is 0 Å². The molecule has 33 heavy (non-hydrogen) atoms. The molecular formula is C25H48O8. The van der Waals surface area contributed by atoms with E-state index in [2.05, 4.69) is 6.92 Å². The summed E-state index contributed by atoms with van der Waals surface area (Å²) in [5.74, 6) is -0.129. The monoisotopic (exact) mass is 476 g/mol. The van der Waals surface area contributed by atoms with Gasteiger partial charge in [0, 0.05) is 13.0 Å². The van der Waals surface area contributed by atoms with E-state index in [-0.39, 0.29) is 12.3 Å². The smallest absolute Gasteiger partial charge is 0.305 e. The Morgan fingerprint density at radius 1 is 0.697 bits per heavy atom. The fourth-order valence-electron chi connectivity index (χ4n) is 3.36. The molecule has 0 radical (unpaired) electrons. The summed E-state index contributed by atoms with van der Waals surface area (Å²) < 4.78 is 38.0. The Balaban J connectivity index is 1.68. The Bertz CT molecular complexity index is 415. The van der Waals surface area contributed by atoms with E-state index in [0.717, 1.165) is 32.3 Å². The summed E-state index contributed by atoms with van der Waals surface area (Å²) in [7, 11) is 0. The number of carbonyl (C=O) groups is 1. The summed E-state index contributed by atoms with van der Waals surface area (Å²) in [6, 6.07) is 0. The lowest BCUT2D eigenvalue weighted by Gasteiger charge is -2.22. The van der Waals surface area contributed by atoms with Crippen molar-refractivity contribution < 1.29 is 38.0 Å². The van der Waals surface area contributed by atoms with Gasteiger partial charge in [0.05, 0.1) is 59.5 Å². The van der Waals surface area contributed by atoms with E-state index in [1.807, 2.05) is 0 Å². The molecule has 8 heteroatoms. The van der Waals surface area contributed by atoms with Crippen LogP contribution in [0.25, 0.3) is 0 Å². The number of hydrogen-bond donors (Lipinski definition) is 0. The normalized spacial score (nSPS) is 16.2. The number of esters is 1. The molecule has 0 aliphatic carbocycles. The molecule has 0 amide bonds. The number of carbonyl (C=O) groups excluding carboxylic acids is 1. The Kier molecular flexibility index (Phi) is 22.3. The molecule has 1 saturated heterocycles. The van der Waals surface area contributed by atoms with Crippen molar-refractivity contribution in [1.82, 2.24) is 0 Å².